The van der Waals surface area contributed by atoms with E-state index in [1.165, 1.54) is 0 Å². The fraction of sp³-hybridized carbons (Fsp3) is 0.686. The van der Waals surface area contributed by atoms with Gasteiger partial charge in [0.25, 0.3) is 0 Å². The van der Waals surface area contributed by atoms with Crippen molar-refractivity contribution in [3.05, 3.63) is 48.6 Å². The summed E-state index contributed by atoms with van der Waals surface area (Å²) in [6, 6.07) is 0. The standard InChI is InChI=1S/C35H42O7/c1-7-32(8-2)41-34-14-13-33(25(36)15-23-17(3)9-11-21-19(5)30(37)39-28(21)26(23)33)35(34,42-32)16-24-18(4)10-12-22-20(6)31(38)40-29(22)27(24)34/h21-24,26-29H,3-16H2,1-2H3/t21-,22-,23?,24-,26?,27-,28-,29-,33+,34-,35-/m0/s1. The van der Waals surface area contributed by atoms with Gasteiger partial charge in [0.1, 0.15) is 29.2 Å². The monoisotopic (exact) mass is 574 g/mol. The first-order chi connectivity index (χ1) is 20.0. The van der Waals surface area contributed by atoms with E-state index in [0.29, 0.717) is 49.7 Å². The van der Waals surface area contributed by atoms with Crippen molar-refractivity contribution >= 4 is 17.7 Å². The maximum Gasteiger partial charge on any atom is 0.334 e. The number of ether oxygens (including phenoxy) is 4. The molecule has 2 unspecified atom stereocenters. The molecule has 5 aliphatic carbocycles. The number of Topliss-reactive ketones (excluding diaryl/α,β-unsaturated/α-hetero) is 1. The highest BCUT2D eigenvalue weighted by Crippen LogP contribution is 2.79. The molecule has 0 aromatic rings. The lowest BCUT2D eigenvalue weighted by atomic mass is 9.59. The zero-order chi connectivity index (χ0) is 29.6. The van der Waals surface area contributed by atoms with Gasteiger partial charge < -0.3 is 18.9 Å². The van der Waals surface area contributed by atoms with Crippen molar-refractivity contribution in [2.24, 2.45) is 40.9 Å². The average molecular weight is 575 g/mol. The summed E-state index contributed by atoms with van der Waals surface area (Å²) >= 11 is 0. The Hall–Kier alpha value is -2.51. The number of carbonyl (C=O) groups excluding carboxylic acids is 3. The van der Waals surface area contributed by atoms with E-state index < -0.39 is 34.6 Å². The van der Waals surface area contributed by atoms with Gasteiger partial charge in [-0.1, -0.05) is 51.3 Å². The fourth-order valence-electron chi connectivity index (χ4n) is 11.6. The molecule has 8 fully saturated rings. The third kappa shape index (κ3) is 2.80. The van der Waals surface area contributed by atoms with Crippen LogP contribution in [0.2, 0.25) is 0 Å². The van der Waals surface area contributed by atoms with Crippen molar-refractivity contribution < 1.29 is 33.3 Å². The van der Waals surface area contributed by atoms with Crippen LogP contribution >= 0.6 is 0 Å². The quantitative estimate of drug-likeness (QED) is 0.243. The number of allylic oxidation sites excluding steroid dienone is 2. The number of ketones is 1. The summed E-state index contributed by atoms with van der Waals surface area (Å²) in [4.78, 5) is 40.8. The van der Waals surface area contributed by atoms with Crippen molar-refractivity contribution in [2.75, 3.05) is 0 Å². The van der Waals surface area contributed by atoms with Crippen LogP contribution in [0.3, 0.4) is 0 Å². The second-order valence-corrected chi connectivity index (χ2v) is 14.5. The van der Waals surface area contributed by atoms with E-state index in [0.717, 1.165) is 36.8 Å². The Morgan fingerprint density at radius 1 is 0.738 bits per heavy atom. The van der Waals surface area contributed by atoms with Crippen LogP contribution < -0.4 is 0 Å². The predicted molar refractivity (Wildman–Crippen MR) is 153 cm³/mol. The molecule has 5 saturated carbocycles. The number of carbonyl (C=O) groups is 3. The van der Waals surface area contributed by atoms with Crippen LogP contribution in [0.25, 0.3) is 0 Å². The largest absolute Gasteiger partial charge is 0.458 e. The van der Waals surface area contributed by atoms with E-state index >= 15 is 0 Å². The lowest BCUT2D eigenvalue weighted by molar-refractivity contribution is -0.240. The maximum atomic E-state index is 14.9. The minimum Gasteiger partial charge on any atom is -0.458 e. The minimum atomic E-state index is -0.968. The zero-order valence-corrected chi connectivity index (χ0v) is 24.9. The molecule has 224 valence electrons. The molecule has 0 radical (unpaired) electrons. The van der Waals surface area contributed by atoms with E-state index in [9.17, 15) is 14.4 Å². The Balaban J connectivity index is 1.36. The van der Waals surface area contributed by atoms with Gasteiger partial charge in [-0.15, -0.1) is 0 Å². The summed E-state index contributed by atoms with van der Waals surface area (Å²) in [6.07, 6.45) is 5.61. The van der Waals surface area contributed by atoms with E-state index in [-0.39, 0.29) is 53.2 Å². The first-order valence-corrected chi connectivity index (χ1v) is 16.1. The smallest absolute Gasteiger partial charge is 0.334 e. The number of fused-ring (bicyclic) bond motifs is 7. The van der Waals surface area contributed by atoms with Crippen LogP contribution in [0.15, 0.2) is 48.6 Å². The van der Waals surface area contributed by atoms with Gasteiger partial charge in [-0.05, 0) is 69.6 Å². The van der Waals surface area contributed by atoms with Gasteiger partial charge in [0.05, 0.1) is 5.41 Å². The van der Waals surface area contributed by atoms with E-state index in [1.807, 2.05) is 0 Å². The Bertz CT molecular complexity index is 1390. The van der Waals surface area contributed by atoms with E-state index in [1.54, 1.807) is 0 Å². The van der Waals surface area contributed by atoms with Crippen molar-refractivity contribution in [3.8, 4) is 0 Å². The first-order valence-electron chi connectivity index (χ1n) is 16.1. The Morgan fingerprint density at radius 3 is 1.90 bits per heavy atom. The van der Waals surface area contributed by atoms with Crippen molar-refractivity contribution in [2.45, 2.75) is 107 Å². The topological polar surface area (TPSA) is 88.1 Å². The molecule has 3 saturated heterocycles. The summed E-state index contributed by atoms with van der Waals surface area (Å²) in [5, 5.41) is 0. The van der Waals surface area contributed by atoms with Gasteiger partial charge in [0.2, 0.25) is 0 Å². The van der Waals surface area contributed by atoms with Gasteiger partial charge in [0, 0.05) is 41.2 Å². The summed E-state index contributed by atoms with van der Waals surface area (Å²) in [5.74, 6) is -2.21. The third-order valence-corrected chi connectivity index (χ3v) is 13.5. The second kappa shape index (κ2) is 8.35. The van der Waals surface area contributed by atoms with Crippen LogP contribution in [0.5, 0.6) is 0 Å². The summed E-state index contributed by atoms with van der Waals surface area (Å²) in [5.41, 5.74) is 0.470. The van der Waals surface area contributed by atoms with Crippen molar-refractivity contribution in [1.82, 2.24) is 0 Å². The van der Waals surface area contributed by atoms with Crippen LogP contribution in [-0.4, -0.2) is 46.9 Å². The number of esters is 2. The van der Waals surface area contributed by atoms with Gasteiger partial charge in [-0.3, -0.25) is 4.79 Å². The highest BCUT2D eigenvalue weighted by molar-refractivity contribution is 5.94. The zero-order valence-electron chi connectivity index (χ0n) is 24.9. The van der Waals surface area contributed by atoms with Gasteiger partial charge in [-0.2, -0.15) is 0 Å². The van der Waals surface area contributed by atoms with Crippen molar-refractivity contribution in [1.29, 1.82) is 0 Å². The number of hydrogen-bond donors (Lipinski definition) is 0. The average Bonchev–Trinajstić information content (AvgIpc) is 3.69. The molecule has 7 nitrogen and oxygen atoms in total. The van der Waals surface area contributed by atoms with Crippen LogP contribution in [0.4, 0.5) is 0 Å². The molecular weight excluding hydrogens is 532 g/mol. The second-order valence-electron chi connectivity index (χ2n) is 14.5. The molecule has 0 aromatic heterocycles. The van der Waals surface area contributed by atoms with E-state index in [4.69, 9.17) is 18.9 Å². The Kier molecular flexibility index (Phi) is 5.38. The van der Waals surface area contributed by atoms with E-state index in [2.05, 4.69) is 40.2 Å². The molecule has 11 atom stereocenters. The first kappa shape index (κ1) is 27.1. The molecule has 3 heterocycles. The molecule has 0 bridgehead atoms. The predicted octanol–water partition coefficient (Wildman–Crippen LogP) is 5.54. The molecule has 7 heteroatoms. The molecule has 3 aliphatic heterocycles. The SMILES string of the molecule is C=C1CC[C@H]2C(=C)C(=O)O[C@@H]2C2C1CC(=O)[C@]21CC[C@@]23OC(CC)(CC)O[C@]21C[C@H]1C(=C)CC[C@H]2C(=C)C(=O)O[C@@H]2[C@H]13. The molecule has 0 amide bonds. The van der Waals surface area contributed by atoms with Crippen LogP contribution in [0, 0.1) is 40.9 Å². The van der Waals surface area contributed by atoms with Gasteiger partial charge in [0.15, 0.2) is 5.79 Å². The molecule has 0 N–H and O–H groups in total. The minimum absolute atomic E-state index is 0.0275. The lowest BCUT2D eigenvalue weighted by Gasteiger charge is -2.48. The highest BCUT2D eigenvalue weighted by atomic mass is 16.8. The van der Waals surface area contributed by atoms with Gasteiger partial charge >= 0.3 is 11.9 Å². The normalized spacial score (nSPS) is 50.1. The van der Waals surface area contributed by atoms with Crippen LogP contribution in [-0.2, 0) is 33.3 Å². The Labute approximate surface area is 247 Å². The molecule has 8 rings (SSSR count). The number of hydrogen-bond acceptors (Lipinski definition) is 7. The molecule has 8 aliphatic rings. The number of rotatable bonds is 2. The summed E-state index contributed by atoms with van der Waals surface area (Å²) in [7, 11) is 0. The molecule has 0 aromatic carbocycles. The van der Waals surface area contributed by atoms with Gasteiger partial charge in [-0.25, -0.2) is 9.59 Å². The maximum absolute atomic E-state index is 14.9. The molecule has 1 spiro atoms. The summed E-state index contributed by atoms with van der Waals surface area (Å²) < 4.78 is 27.2. The van der Waals surface area contributed by atoms with Crippen LogP contribution in [0.1, 0.15) is 78.1 Å². The Morgan fingerprint density at radius 2 is 1.31 bits per heavy atom. The lowest BCUT2D eigenvalue weighted by Crippen LogP contribution is -2.62. The molecular formula is C35H42O7. The highest BCUT2D eigenvalue weighted by Gasteiger charge is 2.88. The summed E-state index contributed by atoms with van der Waals surface area (Å²) in [6.45, 7) is 21.5. The fourth-order valence-corrected chi connectivity index (χ4v) is 11.6. The van der Waals surface area contributed by atoms with Crippen molar-refractivity contribution in [3.63, 3.8) is 0 Å². The third-order valence-electron chi connectivity index (χ3n) is 13.5. The molecule has 42 heavy (non-hydrogen) atoms.